The number of hydrogen-bond donors (Lipinski definition) is 0. The summed E-state index contributed by atoms with van der Waals surface area (Å²) in [6.07, 6.45) is -4.71. The molecule has 3 aromatic rings. The summed E-state index contributed by atoms with van der Waals surface area (Å²) in [6.45, 7) is 0.405. The number of methoxy groups -OCH3 is 2. The number of hydrogen-bond acceptors (Lipinski definition) is 4. The maximum absolute atomic E-state index is 13.6. The van der Waals surface area contributed by atoms with E-state index in [2.05, 4.69) is 0 Å². The van der Waals surface area contributed by atoms with Crippen molar-refractivity contribution in [2.24, 2.45) is 0 Å². The molecule has 0 unspecified atom stereocenters. The fourth-order valence-corrected chi connectivity index (χ4v) is 5.05. The number of likely N-dealkylation sites (tertiary alicyclic amines) is 1. The molecule has 2 amide bonds. The van der Waals surface area contributed by atoms with Crippen molar-refractivity contribution < 1.29 is 32.2 Å². The second kappa shape index (κ2) is 11.4. The van der Waals surface area contributed by atoms with Crippen LogP contribution in [0.25, 0.3) is 0 Å². The van der Waals surface area contributed by atoms with E-state index in [9.17, 15) is 22.8 Å². The molecule has 39 heavy (non-hydrogen) atoms. The van der Waals surface area contributed by atoms with Gasteiger partial charge in [-0.1, -0.05) is 29.3 Å². The lowest BCUT2D eigenvalue weighted by Crippen LogP contribution is -2.42. The van der Waals surface area contributed by atoms with Crippen LogP contribution in [0.15, 0.2) is 60.7 Å². The fraction of sp³-hybridized carbons (Fsp3) is 0.286. The second-order valence-corrected chi connectivity index (χ2v) is 9.93. The number of rotatable bonds is 6. The lowest BCUT2D eigenvalue weighted by Gasteiger charge is -2.29. The Morgan fingerprint density at radius 3 is 2.15 bits per heavy atom. The predicted octanol–water partition coefficient (Wildman–Crippen LogP) is 6.41. The second-order valence-electron chi connectivity index (χ2n) is 9.11. The van der Waals surface area contributed by atoms with Gasteiger partial charge in [-0.3, -0.25) is 9.59 Å². The molecule has 1 heterocycles. The molecule has 1 aliphatic rings. The summed E-state index contributed by atoms with van der Waals surface area (Å²) in [6, 6.07) is 14.3. The van der Waals surface area contributed by atoms with Crippen LogP contribution < -0.4 is 9.47 Å². The minimum atomic E-state index is -4.71. The minimum absolute atomic E-state index is 0.153. The number of alkyl halides is 3. The number of carbonyl (C=O) groups is 2. The van der Waals surface area contributed by atoms with E-state index in [1.54, 1.807) is 47.4 Å². The van der Waals surface area contributed by atoms with Crippen LogP contribution in [-0.2, 0) is 6.18 Å². The van der Waals surface area contributed by atoms with Gasteiger partial charge in [-0.15, -0.1) is 0 Å². The Labute approximate surface area is 233 Å². The van der Waals surface area contributed by atoms with Gasteiger partial charge in [0.1, 0.15) is 11.5 Å². The van der Waals surface area contributed by atoms with E-state index in [1.165, 1.54) is 25.1 Å². The van der Waals surface area contributed by atoms with Crippen molar-refractivity contribution in [2.45, 2.75) is 18.1 Å². The summed E-state index contributed by atoms with van der Waals surface area (Å²) in [4.78, 5) is 29.8. The van der Waals surface area contributed by atoms with Crippen molar-refractivity contribution in [1.29, 1.82) is 0 Å². The highest BCUT2D eigenvalue weighted by Gasteiger charge is 2.41. The van der Waals surface area contributed by atoms with Crippen LogP contribution in [0.5, 0.6) is 11.5 Å². The number of carbonyl (C=O) groups excluding carboxylic acids is 2. The molecule has 2 atom stereocenters. The van der Waals surface area contributed by atoms with Gasteiger partial charge in [-0.2, -0.15) is 13.2 Å². The highest BCUT2D eigenvalue weighted by molar-refractivity contribution is 6.42. The third-order valence-corrected chi connectivity index (χ3v) is 7.59. The average molecular weight is 581 g/mol. The summed E-state index contributed by atoms with van der Waals surface area (Å²) in [5.41, 5.74) is -0.0282. The molecule has 0 spiro atoms. The lowest BCUT2D eigenvalue weighted by atomic mass is 9.93. The number of benzene rings is 3. The fourth-order valence-electron chi connectivity index (χ4n) is 4.75. The van der Waals surface area contributed by atoms with Crippen LogP contribution >= 0.6 is 23.2 Å². The van der Waals surface area contributed by atoms with Crippen molar-refractivity contribution in [1.82, 2.24) is 9.80 Å². The topological polar surface area (TPSA) is 59.1 Å². The van der Waals surface area contributed by atoms with Crippen molar-refractivity contribution in [2.75, 3.05) is 34.4 Å². The Hall–Kier alpha value is -3.43. The third-order valence-electron chi connectivity index (χ3n) is 6.85. The standard InChI is InChI=1S/C28H25Cl2F3N2O4/c1-34(26(36)18-7-11-25(39-3)21(12-18)28(31,32)33)24-15-35(27(37)16-4-8-19(38-2)9-5-16)14-20(24)17-6-10-22(29)23(30)13-17/h4-13,20,24H,14-15H2,1-3H3/t20-,24+/m0/s1. The van der Waals surface area contributed by atoms with Gasteiger partial charge in [0.2, 0.25) is 0 Å². The van der Waals surface area contributed by atoms with Crippen LogP contribution in [0, 0.1) is 0 Å². The summed E-state index contributed by atoms with van der Waals surface area (Å²) in [5.74, 6) is -1.04. The molecule has 1 saturated heterocycles. The molecule has 1 fully saturated rings. The van der Waals surface area contributed by atoms with Gasteiger partial charge in [0, 0.05) is 37.2 Å². The highest BCUT2D eigenvalue weighted by Crippen LogP contribution is 2.38. The molecule has 0 bridgehead atoms. The Morgan fingerprint density at radius 2 is 1.56 bits per heavy atom. The number of likely N-dealkylation sites (N-methyl/N-ethyl adjacent to an activating group) is 1. The first kappa shape index (κ1) is 28.6. The van der Waals surface area contributed by atoms with E-state index in [1.807, 2.05) is 0 Å². The van der Waals surface area contributed by atoms with Crippen molar-refractivity contribution in [3.05, 3.63) is 93.0 Å². The zero-order valence-corrected chi connectivity index (χ0v) is 22.8. The van der Waals surface area contributed by atoms with Gasteiger partial charge in [0.05, 0.1) is 35.9 Å². The summed E-state index contributed by atoms with van der Waals surface area (Å²) in [5, 5.41) is 0.662. The van der Waals surface area contributed by atoms with Gasteiger partial charge >= 0.3 is 6.18 Å². The van der Waals surface area contributed by atoms with E-state index in [-0.39, 0.29) is 36.2 Å². The largest absolute Gasteiger partial charge is 0.497 e. The molecule has 0 radical (unpaired) electrons. The van der Waals surface area contributed by atoms with Gasteiger partial charge in [0.25, 0.3) is 11.8 Å². The number of ether oxygens (including phenoxy) is 2. The van der Waals surface area contributed by atoms with E-state index in [0.29, 0.717) is 21.4 Å². The number of halogens is 5. The molecule has 0 N–H and O–H groups in total. The molecule has 11 heteroatoms. The van der Waals surface area contributed by atoms with Crippen LogP contribution in [0.1, 0.15) is 37.8 Å². The van der Waals surface area contributed by atoms with Gasteiger partial charge in [0.15, 0.2) is 0 Å². The normalized spacial score (nSPS) is 17.2. The van der Waals surface area contributed by atoms with Crippen molar-refractivity contribution in [3.8, 4) is 11.5 Å². The van der Waals surface area contributed by atoms with Crippen LogP contribution in [-0.4, -0.2) is 62.0 Å². The third kappa shape index (κ3) is 5.94. The Kier molecular flexibility index (Phi) is 8.32. The Bertz CT molecular complexity index is 1380. The van der Waals surface area contributed by atoms with Crippen LogP contribution in [0.2, 0.25) is 10.0 Å². The molecular formula is C28H25Cl2F3N2O4. The zero-order valence-electron chi connectivity index (χ0n) is 21.3. The molecular weight excluding hydrogens is 556 g/mol. The molecule has 6 nitrogen and oxygen atoms in total. The first-order valence-electron chi connectivity index (χ1n) is 11.8. The molecule has 0 saturated carbocycles. The van der Waals surface area contributed by atoms with Crippen LogP contribution in [0.4, 0.5) is 13.2 Å². The van der Waals surface area contributed by atoms with Gasteiger partial charge in [-0.25, -0.2) is 0 Å². The monoisotopic (exact) mass is 580 g/mol. The predicted molar refractivity (Wildman–Crippen MR) is 142 cm³/mol. The van der Waals surface area contributed by atoms with Crippen molar-refractivity contribution in [3.63, 3.8) is 0 Å². The molecule has 3 aromatic carbocycles. The summed E-state index contributed by atoms with van der Waals surface area (Å²) < 4.78 is 50.8. The Morgan fingerprint density at radius 1 is 0.897 bits per heavy atom. The van der Waals surface area contributed by atoms with E-state index < -0.39 is 23.7 Å². The maximum atomic E-state index is 13.6. The molecule has 206 valence electrons. The first-order chi connectivity index (χ1) is 18.4. The van der Waals surface area contributed by atoms with E-state index >= 15 is 0 Å². The van der Waals surface area contributed by atoms with E-state index in [0.717, 1.165) is 24.8 Å². The zero-order chi connectivity index (χ0) is 28.5. The first-order valence-corrected chi connectivity index (χ1v) is 12.6. The van der Waals surface area contributed by atoms with Gasteiger partial charge in [-0.05, 0) is 60.2 Å². The van der Waals surface area contributed by atoms with Crippen LogP contribution in [0.3, 0.4) is 0 Å². The lowest BCUT2D eigenvalue weighted by molar-refractivity contribution is -0.138. The quantitative estimate of drug-likeness (QED) is 0.338. The van der Waals surface area contributed by atoms with Crippen molar-refractivity contribution >= 4 is 35.0 Å². The van der Waals surface area contributed by atoms with E-state index in [4.69, 9.17) is 32.7 Å². The van der Waals surface area contributed by atoms with Gasteiger partial charge < -0.3 is 19.3 Å². The number of amides is 2. The molecule has 1 aliphatic heterocycles. The molecule has 0 aliphatic carbocycles. The summed E-state index contributed by atoms with van der Waals surface area (Å²) in [7, 11) is 4.17. The SMILES string of the molecule is COc1ccc(C(=O)N2C[C@@H](N(C)C(=O)c3ccc(OC)c(C(F)(F)F)c3)[C@H](c3ccc(Cl)c(Cl)c3)C2)cc1. The highest BCUT2D eigenvalue weighted by atomic mass is 35.5. The molecule has 0 aromatic heterocycles. The number of nitrogens with zero attached hydrogens (tertiary/aromatic N) is 2. The summed E-state index contributed by atoms with van der Waals surface area (Å²) >= 11 is 12.4. The minimum Gasteiger partial charge on any atom is -0.497 e. The smallest absolute Gasteiger partial charge is 0.419 e. The Balaban J connectivity index is 1.68. The molecule has 4 rings (SSSR count). The maximum Gasteiger partial charge on any atom is 0.419 e. The average Bonchev–Trinajstić information content (AvgIpc) is 3.38.